The first kappa shape index (κ1) is 19.1. The molecule has 0 spiro atoms. The predicted molar refractivity (Wildman–Crippen MR) is 102 cm³/mol. The average Bonchev–Trinajstić information content (AvgIpc) is 3.38. The van der Waals surface area contributed by atoms with Gasteiger partial charge in [0.1, 0.15) is 0 Å². The zero-order valence-corrected chi connectivity index (χ0v) is 16.0. The van der Waals surface area contributed by atoms with Crippen LogP contribution >= 0.6 is 0 Å². The summed E-state index contributed by atoms with van der Waals surface area (Å²) in [6, 6.07) is 9.78. The van der Waals surface area contributed by atoms with Crippen molar-refractivity contribution in [1.82, 2.24) is 9.80 Å². The highest BCUT2D eigenvalue weighted by atomic mass is 16.5. The number of benzene rings is 1. The number of likely N-dealkylation sites (tertiary alicyclic amines) is 1. The second-order valence-corrected chi connectivity index (χ2v) is 7.86. The molecule has 2 bridgehead atoms. The van der Waals surface area contributed by atoms with Crippen LogP contribution < -0.4 is 5.73 Å². The van der Waals surface area contributed by atoms with E-state index < -0.39 is 0 Å². The molecule has 1 aromatic carbocycles. The fourth-order valence-electron chi connectivity index (χ4n) is 4.74. The van der Waals surface area contributed by atoms with Gasteiger partial charge in [0.25, 0.3) is 0 Å². The van der Waals surface area contributed by atoms with Gasteiger partial charge >= 0.3 is 0 Å². The number of fused-ring (bicyclic) bond motifs is 5. The molecule has 7 heteroatoms. The molecule has 4 unspecified atom stereocenters. The van der Waals surface area contributed by atoms with Crippen molar-refractivity contribution in [2.75, 3.05) is 19.6 Å². The third kappa shape index (κ3) is 3.44. The Bertz CT molecular complexity index is 725. The van der Waals surface area contributed by atoms with E-state index in [9.17, 15) is 14.4 Å². The van der Waals surface area contributed by atoms with Gasteiger partial charge < -0.3 is 15.4 Å². The molecule has 3 heterocycles. The molecule has 2 N–H and O–H groups in total. The number of carbonyl (C=O) groups is 3. The molecule has 1 aromatic rings. The summed E-state index contributed by atoms with van der Waals surface area (Å²) in [5.74, 6) is -1.05. The molecule has 0 radical (unpaired) electrons. The molecule has 0 saturated carbocycles. The van der Waals surface area contributed by atoms with E-state index in [1.807, 2.05) is 30.3 Å². The van der Waals surface area contributed by atoms with Crippen LogP contribution in [0.25, 0.3) is 0 Å². The third-order valence-electron chi connectivity index (χ3n) is 6.13. The highest BCUT2D eigenvalue weighted by molar-refractivity contribution is 6.06. The lowest BCUT2D eigenvalue weighted by Gasteiger charge is -2.24. The normalized spacial score (nSPS) is 28.1. The monoisotopic (exact) mass is 385 g/mol. The Morgan fingerprint density at radius 2 is 1.75 bits per heavy atom. The summed E-state index contributed by atoms with van der Waals surface area (Å²) in [7, 11) is 0. The van der Waals surface area contributed by atoms with Crippen LogP contribution in [0.1, 0.15) is 31.2 Å². The van der Waals surface area contributed by atoms with Gasteiger partial charge in [0, 0.05) is 26.1 Å². The summed E-state index contributed by atoms with van der Waals surface area (Å²) >= 11 is 0. The van der Waals surface area contributed by atoms with Gasteiger partial charge in [0.05, 0.1) is 24.0 Å². The zero-order valence-electron chi connectivity index (χ0n) is 16.0. The lowest BCUT2D eigenvalue weighted by molar-refractivity contribution is -0.143. The second kappa shape index (κ2) is 8.01. The van der Waals surface area contributed by atoms with Crippen LogP contribution in [0.4, 0.5) is 0 Å². The number of imide groups is 1. The van der Waals surface area contributed by atoms with Crippen molar-refractivity contribution >= 4 is 17.7 Å². The Kier molecular flexibility index (Phi) is 5.46. The molecule has 28 heavy (non-hydrogen) atoms. The van der Waals surface area contributed by atoms with Gasteiger partial charge in [-0.25, -0.2) is 0 Å². The summed E-state index contributed by atoms with van der Waals surface area (Å²) in [6.07, 6.45) is 2.32. The van der Waals surface area contributed by atoms with Gasteiger partial charge in [-0.05, 0) is 31.4 Å². The summed E-state index contributed by atoms with van der Waals surface area (Å²) in [5, 5.41) is 0. The average molecular weight is 385 g/mol. The van der Waals surface area contributed by atoms with E-state index in [0.29, 0.717) is 26.1 Å². The van der Waals surface area contributed by atoms with Crippen LogP contribution in [-0.4, -0.2) is 59.4 Å². The van der Waals surface area contributed by atoms with Crippen LogP contribution in [0.3, 0.4) is 0 Å². The lowest BCUT2D eigenvalue weighted by atomic mass is 9.81. The number of rotatable bonds is 8. The van der Waals surface area contributed by atoms with Crippen molar-refractivity contribution in [1.29, 1.82) is 0 Å². The topological polar surface area (TPSA) is 92.9 Å². The van der Waals surface area contributed by atoms with E-state index in [1.54, 1.807) is 4.90 Å². The third-order valence-corrected chi connectivity index (χ3v) is 6.13. The number of nitrogens with zero attached hydrogens (tertiary/aromatic N) is 2. The van der Waals surface area contributed by atoms with Crippen molar-refractivity contribution in [2.45, 2.75) is 44.4 Å². The number of hydrogen-bond donors (Lipinski definition) is 1. The Hall–Kier alpha value is -2.25. The summed E-state index contributed by atoms with van der Waals surface area (Å²) in [5.41, 5.74) is 6.66. The number of ether oxygens (including phenoxy) is 1. The Balaban J connectivity index is 1.38. The van der Waals surface area contributed by atoms with E-state index >= 15 is 0 Å². The molecule has 3 amide bonds. The minimum absolute atomic E-state index is 0.0609. The molecule has 150 valence electrons. The first-order valence-corrected chi connectivity index (χ1v) is 10.1. The minimum Gasteiger partial charge on any atom is -0.373 e. The largest absolute Gasteiger partial charge is 0.373 e. The maximum atomic E-state index is 12.8. The summed E-state index contributed by atoms with van der Waals surface area (Å²) in [4.78, 5) is 41.3. The van der Waals surface area contributed by atoms with Crippen molar-refractivity contribution in [3.63, 3.8) is 0 Å². The van der Waals surface area contributed by atoms with Crippen LogP contribution in [0.15, 0.2) is 30.3 Å². The standard InChI is InChI=1S/C21H27N3O4/c22-10-4-11-23(13-14-5-2-1-3-6-14)17(25)9-12-24-20(26)18-15-7-8-16(28-15)19(18)21(24)27/h1-3,5-6,15-16,18-19H,4,7-13,22H2. The quantitative estimate of drug-likeness (QED) is 0.672. The molecular formula is C21H27N3O4. The maximum Gasteiger partial charge on any atom is 0.235 e. The molecule has 4 atom stereocenters. The van der Waals surface area contributed by atoms with Gasteiger partial charge in [-0.15, -0.1) is 0 Å². The van der Waals surface area contributed by atoms with Gasteiger partial charge in [0.15, 0.2) is 0 Å². The van der Waals surface area contributed by atoms with E-state index in [0.717, 1.165) is 18.4 Å². The molecule has 3 aliphatic rings. The highest BCUT2D eigenvalue weighted by Crippen LogP contribution is 2.48. The number of hydrogen-bond acceptors (Lipinski definition) is 5. The summed E-state index contributed by atoms with van der Waals surface area (Å²) < 4.78 is 5.75. The van der Waals surface area contributed by atoms with Gasteiger partial charge in [-0.2, -0.15) is 0 Å². The minimum atomic E-state index is -0.334. The molecule has 4 rings (SSSR count). The number of nitrogens with two attached hydrogens (primary N) is 1. The van der Waals surface area contributed by atoms with E-state index in [2.05, 4.69) is 0 Å². The molecular weight excluding hydrogens is 358 g/mol. The van der Waals surface area contributed by atoms with Gasteiger partial charge in [0.2, 0.25) is 17.7 Å². The first-order valence-electron chi connectivity index (χ1n) is 10.1. The zero-order chi connectivity index (χ0) is 19.7. The van der Waals surface area contributed by atoms with Gasteiger partial charge in [-0.1, -0.05) is 30.3 Å². The number of amides is 3. The molecule has 3 saturated heterocycles. The van der Waals surface area contributed by atoms with Crippen LogP contribution in [0.5, 0.6) is 0 Å². The Labute approximate surface area is 164 Å². The van der Waals surface area contributed by atoms with Crippen LogP contribution in [0.2, 0.25) is 0 Å². The number of carbonyl (C=O) groups excluding carboxylic acids is 3. The Morgan fingerprint density at radius 3 is 2.36 bits per heavy atom. The molecule has 3 aliphatic heterocycles. The predicted octanol–water partition coefficient (Wildman–Crippen LogP) is 0.916. The van der Waals surface area contributed by atoms with Crippen molar-refractivity contribution in [2.24, 2.45) is 17.6 Å². The molecule has 7 nitrogen and oxygen atoms in total. The highest BCUT2D eigenvalue weighted by Gasteiger charge is 2.62. The van der Waals surface area contributed by atoms with Crippen LogP contribution in [-0.2, 0) is 25.7 Å². The SMILES string of the molecule is NCCCN(Cc1ccccc1)C(=O)CCN1C(=O)C2C3CCC(O3)C2C1=O. The molecule has 0 aliphatic carbocycles. The fourth-order valence-corrected chi connectivity index (χ4v) is 4.74. The fraction of sp³-hybridized carbons (Fsp3) is 0.571. The van der Waals surface area contributed by atoms with Crippen LogP contribution in [0, 0.1) is 11.8 Å². The van der Waals surface area contributed by atoms with E-state index in [1.165, 1.54) is 4.90 Å². The second-order valence-electron chi connectivity index (χ2n) is 7.86. The van der Waals surface area contributed by atoms with Crippen molar-refractivity contribution in [3.05, 3.63) is 35.9 Å². The smallest absolute Gasteiger partial charge is 0.235 e. The Morgan fingerprint density at radius 1 is 1.11 bits per heavy atom. The van der Waals surface area contributed by atoms with E-state index in [4.69, 9.17) is 10.5 Å². The van der Waals surface area contributed by atoms with E-state index in [-0.39, 0.29) is 54.7 Å². The molecule has 0 aromatic heterocycles. The maximum absolute atomic E-state index is 12.8. The van der Waals surface area contributed by atoms with Crippen molar-refractivity contribution in [3.8, 4) is 0 Å². The van der Waals surface area contributed by atoms with Gasteiger partial charge in [-0.3, -0.25) is 19.3 Å². The van der Waals surface area contributed by atoms with Crippen molar-refractivity contribution < 1.29 is 19.1 Å². The summed E-state index contributed by atoms with van der Waals surface area (Å²) in [6.45, 7) is 1.73. The first-order chi connectivity index (χ1) is 13.6. The molecule has 3 fully saturated rings. The lowest BCUT2D eigenvalue weighted by Crippen LogP contribution is -2.39.